The predicted octanol–water partition coefficient (Wildman–Crippen LogP) is 2.70. The Kier molecular flexibility index (Phi) is 3.24. The second-order valence-electron chi connectivity index (χ2n) is 5.97. The van der Waals surface area contributed by atoms with Crippen LogP contribution in [0.25, 0.3) is 0 Å². The van der Waals surface area contributed by atoms with Crippen molar-refractivity contribution in [3.63, 3.8) is 0 Å². The summed E-state index contributed by atoms with van der Waals surface area (Å²) < 4.78 is 10.3. The Hall–Kier alpha value is -0.213. The summed E-state index contributed by atoms with van der Waals surface area (Å²) in [7, 11) is 0. The molecule has 2 heteroatoms. The molecule has 0 radical (unpaired) electrons. The molecule has 0 fully saturated rings. The Morgan fingerprint density at radius 1 is 1.00 bits per heavy atom. The van der Waals surface area contributed by atoms with Gasteiger partial charge in [-0.1, -0.05) is 0 Å². The molecule has 0 atom stereocenters. The first-order valence-corrected chi connectivity index (χ1v) is 25.6. The van der Waals surface area contributed by atoms with Gasteiger partial charge in [-0.05, 0) is 0 Å². The van der Waals surface area contributed by atoms with E-state index in [0.717, 1.165) is 12.8 Å². The van der Waals surface area contributed by atoms with Crippen LogP contribution >= 0.6 is 0 Å². The van der Waals surface area contributed by atoms with Gasteiger partial charge in [0.2, 0.25) is 0 Å². The van der Waals surface area contributed by atoms with Crippen LogP contribution in [0.1, 0.15) is 12.8 Å². The van der Waals surface area contributed by atoms with Crippen LogP contribution in [0.2, 0.25) is 9.36 Å². The summed E-state index contributed by atoms with van der Waals surface area (Å²) in [6.45, 7) is 2.28. The molecule has 0 spiro atoms. The van der Waals surface area contributed by atoms with E-state index < -0.39 is 16.2 Å². The number of hydrogen-bond acceptors (Lipinski definition) is 0. The molecule has 0 aliphatic heterocycles. The molecule has 0 nitrogen and oxygen atoms in total. The SMILES string of the molecule is [CH3][Hf]([CH3])(=[SiH2])(=[CH]C1=CC=CC1)=[CH]C1=CC=CC1. The monoisotopic (exact) mass is 396 g/mol. The topological polar surface area (TPSA) is 0 Å². The normalized spacial score (nSPS) is 18.1. The van der Waals surface area contributed by atoms with Crippen molar-refractivity contribution in [3.05, 3.63) is 47.6 Å². The van der Waals surface area contributed by atoms with E-state index in [1.165, 1.54) is 11.1 Å². The predicted molar refractivity (Wildman–Crippen MR) is 76.1 cm³/mol. The van der Waals surface area contributed by atoms with E-state index in [2.05, 4.69) is 60.3 Å². The van der Waals surface area contributed by atoms with Crippen LogP contribution < -0.4 is 0 Å². The van der Waals surface area contributed by atoms with Gasteiger partial charge in [0.25, 0.3) is 0 Å². The van der Waals surface area contributed by atoms with E-state index in [1.807, 2.05) is 0 Å². The molecule has 0 aromatic carbocycles. The molecular formula is C14H20HfSi. The van der Waals surface area contributed by atoms with Gasteiger partial charge in [0.05, 0.1) is 0 Å². The molecule has 84 valence electrons. The van der Waals surface area contributed by atoms with Crippen molar-refractivity contribution in [2.45, 2.75) is 22.2 Å². The van der Waals surface area contributed by atoms with E-state index in [1.54, 1.807) is 0 Å². The second kappa shape index (κ2) is 4.23. The Labute approximate surface area is 99.9 Å². The van der Waals surface area contributed by atoms with Gasteiger partial charge in [0.15, 0.2) is 0 Å². The van der Waals surface area contributed by atoms with E-state index in [9.17, 15) is 0 Å². The van der Waals surface area contributed by atoms with Crippen molar-refractivity contribution in [2.24, 2.45) is 0 Å². The molecule has 0 aromatic rings. The van der Waals surface area contributed by atoms with Gasteiger partial charge in [-0.3, -0.25) is 0 Å². The molecule has 2 rings (SSSR count). The summed E-state index contributed by atoms with van der Waals surface area (Å²) in [6.07, 6.45) is 15.7. The molecule has 0 saturated heterocycles. The summed E-state index contributed by atoms with van der Waals surface area (Å²) in [5.74, 6) is 0. The van der Waals surface area contributed by atoms with Gasteiger partial charge in [-0.2, -0.15) is 0 Å². The van der Waals surface area contributed by atoms with Crippen LogP contribution in [0.4, 0.5) is 0 Å². The second-order valence-corrected chi connectivity index (χ2v) is 47.4. The third kappa shape index (κ3) is 3.39. The van der Waals surface area contributed by atoms with Crippen molar-refractivity contribution >= 4 is 14.5 Å². The molecule has 0 heterocycles. The Balaban J connectivity index is 2.45. The minimum atomic E-state index is -2.77. The van der Waals surface area contributed by atoms with Gasteiger partial charge >= 0.3 is 100 Å². The third-order valence-corrected chi connectivity index (χ3v) is 15.7. The summed E-state index contributed by atoms with van der Waals surface area (Å²) in [5.41, 5.74) is 3.05. The average Bonchev–Trinajstić information content (AvgIpc) is 2.74. The first kappa shape index (κ1) is 12.2. The van der Waals surface area contributed by atoms with Crippen molar-refractivity contribution in [2.75, 3.05) is 0 Å². The molecule has 0 bridgehead atoms. The summed E-state index contributed by atoms with van der Waals surface area (Å²) in [5, 5.41) is 0. The van der Waals surface area contributed by atoms with Gasteiger partial charge in [0, 0.05) is 0 Å². The van der Waals surface area contributed by atoms with E-state index >= 15 is 0 Å². The van der Waals surface area contributed by atoms with Crippen LogP contribution in [-0.4, -0.2) is 14.5 Å². The molecule has 0 amide bonds. The maximum absolute atomic E-state index is 2.77. The van der Waals surface area contributed by atoms with E-state index in [-0.39, 0.29) is 0 Å². The zero-order valence-electron chi connectivity index (χ0n) is 10.2. The fourth-order valence-corrected chi connectivity index (χ4v) is 17.3. The van der Waals surface area contributed by atoms with Crippen LogP contribution in [0, 0.1) is 0 Å². The van der Waals surface area contributed by atoms with Crippen LogP contribution in [0.5, 0.6) is 0 Å². The zero-order chi connectivity index (χ0) is 11.7. The van der Waals surface area contributed by atoms with Crippen LogP contribution in [0.15, 0.2) is 47.6 Å². The molecule has 0 unspecified atom stereocenters. The summed E-state index contributed by atoms with van der Waals surface area (Å²) in [6, 6.07) is 0. The minimum absolute atomic E-state index is 1.14. The Bertz CT molecular complexity index is 598. The Morgan fingerprint density at radius 3 is 1.75 bits per heavy atom. The molecule has 16 heavy (non-hydrogen) atoms. The van der Waals surface area contributed by atoms with Gasteiger partial charge in [-0.15, -0.1) is 0 Å². The van der Waals surface area contributed by atoms with Crippen molar-refractivity contribution in [1.82, 2.24) is 0 Å². The first-order chi connectivity index (χ1) is 7.42. The van der Waals surface area contributed by atoms with Gasteiger partial charge < -0.3 is 0 Å². The molecule has 2 aliphatic carbocycles. The van der Waals surface area contributed by atoms with Crippen molar-refractivity contribution < 1.29 is 16.2 Å². The molecule has 0 N–H and O–H groups in total. The third-order valence-electron chi connectivity index (χ3n) is 2.92. The molecule has 0 saturated carbocycles. The zero-order valence-corrected chi connectivity index (χ0v) is 15.2. The quantitative estimate of drug-likeness (QED) is 0.632. The molecule has 0 aromatic heterocycles. The number of allylic oxidation sites excluding steroid dienone is 8. The average molecular weight is 395 g/mol. The maximum atomic E-state index is 2.62. The fourth-order valence-electron chi connectivity index (χ4n) is 2.40. The molecule has 2 aliphatic rings. The number of hydrogen-bond donors (Lipinski definition) is 0. The van der Waals surface area contributed by atoms with E-state index in [0.29, 0.717) is 0 Å². The van der Waals surface area contributed by atoms with Crippen LogP contribution in [-0.2, 0) is 16.2 Å². The Morgan fingerprint density at radius 2 is 1.44 bits per heavy atom. The summed E-state index contributed by atoms with van der Waals surface area (Å²) in [4.78, 5) is 0. The van der Waals surface area contributed by atoms with Crippen LogP contribution in [0.3, 0.4) is 0 Å². The fraction of sp³-hybridized carbons (Fsp3) is 0.286. The van der Waals surface area contributed by atoms with Gasteiger partial charge in [0.1, 0.15) is 0 Å². The number of rotatable bonds is 2. The van der Waals surface area contributed by atoms with Crippen molar-refractivity contribution in [1.29, 1.82) is 0 Å². The summed E-state index contributed by atoms with van der Waals surface area (Å²) >= 11 is -2.77. The standard InChI is InChI=1S/2C6H6.2CH3.Hf.H2Si/c2*1-6-4-2-3-5-6;;;;/h2*1-4H,5H2;2*1H3;;1H2. The molecular weight excluding hydrogens is 375 g/mol. The van der Waals surface area contributed by atoms with Crippen molar-refractivity contribution in [3.8, 4) is 0 Å². The van der Waals surface area contributed by atoms with E-state index in [4.69, 9.17) is 0 Å². The first-order valence-electron chi connectivity index (χ1n) is 5.94. The van der Waals surface area contributed by atoms with Gasteiger partial charge in [-0.25, -0.2) is 0 Å².